The Bertz CT molecular complexity index is 1440. The summed E-state index contributed by atoms with van der Waals surface area (Å²) in [6.45, 7) is 0.605. The molecule has 4 rings (SSSR count). The van der Waals surface area contributed by atoms with Crippen LogP contribution in [0.5, 0.6) is 28.7 Å². The van der Waals surface area contributed by atoms with E-state index in [-0.39, 0.29) is 18.2 Å². The molecule has 3 aromatic carbocycles. The van der Waals surface area contributed by atoms with Crippen LogP contribution in [0.15, 0.2) is 66.9 Å². The van der Waals surface area contributed by atoms with Crippen LogP contribution in [0.2, 0.25) is 0 Å². The second-order valence-electron chi connectivity index (χ2n) is 8.34. The minimum Gasteiger partial charge on any atom is -0.493 e. The Morgan fingerprint density at radius 3 is 2.21 bits per heavy atom. The van der Waals surface area contributed by atoms with Crippen LogP contribution < -0.4 is 23.7 Å². The number of ether oxygens (including phenoxy) is 5. The number of benzene rings is 3. The van der Waals surface area contributed by atoms with E-state index >= 15 is 0 Å². The number of aromatic nitrogens is 3. The average Bonchev–Trinajstić information content (AvgIpc) is 3.42. The van der Waals surface area contributed by atoms with Crippen LogP contribution in [0.1, 0.15) is 27.2 Å². The largest absolute Gasteiger partial charge is 0.493 e. The fourth-order valence-electron chi connectivity index (χ4n) is 3.81. The van der Waals surface area contributed by atoms with Crippen molar-refractivity contribution in [3.8, 4) is 28.7 Å². The Morgan fingerprint density at radius 2 is 1.56 bits per heavy atom. The lowest BCUT2D eigenvalue weighted by molar-refractivity contribution is 0.104. The van der Waals surface area contributed by atoms with E-state index in [1.165, 1.54) is 39.5 Å². The van der Waals surface area contributed by atoms with Crippen molar-refractivity contribution >= 4 is 11.9 Å². The van der Waals surface area contributed by atoms with Gasteiger partial charge < -0.3 is 23.7 Å². The molecule has 0 spiro atoms. The second-order valence-corrected chi connectivity index (χ2v) is 8.34. The summed E-state index contributed by atoms with van der Waals surface area (Å²) >= 11 is 0. The van der Waals surface area contributed by atoms with Crippen LogP contribution in [0, 0.1) is 5.82 Å². The Balaban J connectivity index is 1.45. The van der Waals surface area contributed by atoms with E-state index in [1.807, 2.05) is 6.07 Å². The maximum absolute atomic E-state index is 13.1. The van der Waals surface area contributed by atoms with Gasteiger partial charge in [-0.2, -0.15) is 0 Å². The number of methoxy groups -OCH3 is 4. The molecule has 0 aliphatic heterocycles. The van der Waals surface area contributed by atoms with Crippen molar-refractivity contribution in [1.82, 2.24) is 15.0 Å². The molecule has 0 N–H and O–H groups in total. The van der Waals surface area contributed by atoms with Crippen molar-refractivity contribution in [2.75, 3.05) is 28.4 Å². The van der Waals surface area contributed by atoms with Gasteiger partial charge in [0.1, 0.15) is 18.1 Å². The molecule has 0 fully saturated rings. The van der Waals surface area contributed by atoms with Gasteiger partial charge in [-0.15, -0.1) is 5.10 Å². The van der Waals surface area contributed by atoms with Gasteiger partial charge in [-0.3, -0.25) is 4.79 Å². The predicted molar refractivity (Wildman–Crippen MR) is 142 cm³/mol. The summed E-state index contributed by atoms with van der Waals surface area (Å²) in [5.74, 6) is 1.67. The first-order chi connectivity index (χ1) is 18.9. The molecule has 39 heavy (non-hydrogen) atoms. The Labute approximate surface area is 225 Å². The highest BCUT2D eigenvalue weighted by molar-refractivity contribution is 6.07. The van der Waals surface area contributed by atoms with Crippen molar-refractivity contribution in [1.29, 1.82) is 0 Å². The van der Waals surface area contributed by atoms with E-state index in [1.54, 1.807) is 60.5 Å². The number of allylic oxidation sites excluding steroid dienone is 1. The maximum Gasteiger partial charge on any atom is 0.203 e. The van der Waals surface area contributed by atoms with E-state index in [2.05, 4.69) is 10.3 Å². The van der Waals surface area contributed by atoms with Gasteiger partial charge in [-0.05, 0) is 53.6 Å². The number of hydrogen-bond acceptors (Lipinski definition) is 8. The summed E-state index contributed by atoms with van der Waals surface area (Å²) < 4.78 is 42.1. The van der Waals surface area contributed by atoms with Crippen molar-refractivity contribution in [2.45, 2.75) is 13.2 Å². The third-order valence-electron chi connectivity index (χ3n) is 5.78. The summed E-state index contributed by atoms with van der Waals surface area (Å²) in [4.78, 5) is 12.9. The molecule has 0 saturated heterocycles. The number of nitrogens with zero attached hydrogens (tertiary/aromatic N) is 3. The molecule has 0 bridgehead atoms. The Kier molecular flexibility index (Phi) is 8.78. The van der Waals surface area contributed by atoms with Crippen molar-refractivity contribution < 1.29 is 32.9 Å². The molecule has 9 nitrogen and oxygen atoms in total. The third kappa shape index (κ3) is 6.72. The number of halogens is 1. The van der Waals surface area contributed by atoms with Crippen LogP contribution >= 0.6 is 0 Å². The molecular weight excluding hydrogens is 505 g/mol. The molecule has 4 aromatic rings. The monoisotopic (exact) mass is 533 g/mol. The maximum atomic E-state index is 13.1. The molecule has 1 heterocycles. The van der Waals surface area contributed by atoms with Gasteiger partial charge in [0.2, 0.25) is 5.75 Å². The zero-order valence-corrected chi connectivity index (χ0v) is 22.0. The molecule has 10 heteroatoms. The first-order valence-electron chi connectivity index (χ1n) is 11.9. The molecule has 0 aliphatic carbocycles. The number of carbonyl (C=O) groups is 1. The lowest BCUT2D eigenvalue weighted by atomic mass is 10.1. The third-order valence-corrected chi connectivity index (χ3v) is 5.78. The van der Waals surface area contributed by atoms with E-state index in [9.17, 15) is 9.18 Å². The van der Waals surface area contributed by atoms with Crippen molar-refractivity contribution in [2.24, 2.45) is 0 Å². The zero-order valence-electron chi connectivity index (χ0n) is 22.0. The van der Waals surface area contributed by atoms with Gasteiger partial charge >= 0.3 is 0 Å². The molecular formula is C29H28FN3O6. The highest BCUT2D eigenvalue weighted by atomic mass is 19.1. The lowest BCUT2D eigenvalue weighted by Crippen LogP contribution is -2.01. The lowest BCUT2D eigenvalue weighted by Gasteiger charge is -2.13. The van der Waals surface area contributed by atoms with Crippen molar-refractivity contribution in [3.05, 3.63) is 95.1 Å². The SMILES string of the molecule is COc1ccc(/C=C/C(=O)c2cc(OC)c(OC)c(OC)c2)cc1OCc1cn(Cc2ccc(F)cc2)nn1. The van der Waals surface area contributed by atoms with Gasteiger partial charge in [0.15, 0.2) is 28.8 Å². The molecule has 202 valence electrons. The zero-order chi connectivity index (χ0) is 27.8. The first kappa shape index (κ1) is 27.2. The van der Waals surface area contributed by atoms with E-state index in [0.29, 0.717) is 46.5 Å². The minimum absolute atomic E-state index is 0.150. The van der Waals surface area contributed by atoms with Gasteiger partial charge in [0.25, 0.3) is 0 Å². The molecule has 0 atom stereocenters. The molecule has 0 aliphatic rings. The topological polar surface area (TPSA) is 93.9 Å². The molecule has 1 aromatic heterocycles. The van der Waals surface area contributed by atoms with Crippen LogP contribution in [-0.2, 0) is 13.2 Å². The average molecular weight is 534 g/mol. The summed E-state index contributed by atoms with van der Waals surface area (Å²) in [7, 11) is 6.03. The summed E-state index contributed by atoms with van der Waals surface area (Å²) in [6.07, 6.45) is 4.89. The number of hydrogen-bond donors (Lipinski definition) is 0. The summed E-state index contributed by atoms with van der Waals surface area (Å²) in [6, 6.07) is 14.7. The standard InChI is InChI=1S/C29H28FN3O6/c1-35-25-12-8-19(7-11-24(34)21-14-27(36-2)29(38-4)28(15-21)37-3)13-26(25)39-18-23-17-33(32-31-23)16-20-5-9-22(30)10-6-20/h5-15,17H,16,18H2,1-4H3/b11-7+. The quantitative estimate of drug-likeness (QED) is 0.186. The normalized spacial score (nSPS) is 10.9. The van der Waals surface area contributed by atoms with E-state index in [0.717, 1.165) is 11.1 Å². The minimum atomic E-state index is -0.289. The number of rotatable bonds is 12. The Hall–Kier alpha value is -4.86. The number of ketones is 1. The molecule has 0 saturated carbocycles. The van der Waals surface area contributed by atoms with Gasteiger partial charge in [-0.25, -0.2) is 9.07 Å². The van der Waals surface area contributed by atoms with Crippen LogP contribution in [0.3, 0.4) is 0 Å². The fourth-order valence-corrected chi connectivity index (χ4v) is 3.81. The highest BCUT2D eigenvalue weighted by Gasteiger charge is 2.16. The van der Waals surface area contributed by atoms with Crippen LogP contribution in [0.4, 0.5) is 4.39 Å². The molecule has 0 unspecified atom stereocenters. The van der Waals surface area contributed by atoms with E-state index < -0.39 is 0 Å². The fraction of sp³-hybridized carbons (Fsp3) is 0.207. The number of carbonyl (C=O) groups excluding carboxylic acids is 1. The van der Waals surface area contributed by atoms with Gasteiger partial charge in [0.05, 0.1) is 41.2 Å². The summed E-state index contributed by atoms with van der Waals surface area (Å²) in [5, 5.41) is 8.25. The first-order valence-corrected chi connectivity index (χ1v) is 11.9. The molecule has 0 radical (unpaired) electrons. The van der Waals surface area contributed by atoms with E-state index in [4.69, 9.17) is 23.7 Å². The smallest absolute Gasteiger partial charge is 0.203 e. The Morgan fingerprint density at radius 1 is 0.872 bits per heavy atom. The second kappa shape index (κ2) is 12.6. The van der Waals surface area contributed by atoms with Crippen LogP contribution in [0.25, 0.3) is 6.08 Å². The predicted octanol–water partition coefficient (Wildman–Crippen LogP) is 4.98. The van der Waals surface area contributed by atoms with Gasteiger partial charge in [-0.1, -0.05) is 29.5 Å². The van der Waals surface area contributed by atoms with Crippen molar-refractivity contribution in [3.63, 3.8) is 0 Å². The summed E-state index contributed by atoms with van der Waals surface area (Å²) in [5.41, 5.74) is 2.62. The highest BCUT2D eigenvalue weighted by Crippen LogP contribution is 2.38. The molecule has 0 amide bonds. The van der Waals surface area contributed by atoms with Gasteiger partial charge in [0, 0.05) is 5.56 Å². The van der Waals surface area contributed by atoms with Crippen LogP contribution in [-0.4, -0.2) is 49.2 Å².